The highest BCUT2D eigenvalue weighted by molar-refractivity contribution is 9.10. The van der Waals surface area contributed by atoms with E-state index in [4.69, 9.17) is 16.3 Å². The van der Waals surface area contributed by atoms with Crippen LogP contribution in [0.25, 0.3) is 5.69 Å². The minimum Gasteiger partial charge on any atom is -0.491 e. The third-order valence-corrected chi connectivity index (χ3v) is 7.58. The zero-order chi connectivity index (χ0) is 27.7. The Kier molecular flexibility index (Phi) is 7.63. The molecule has 10 heteroatoms. The molecule has 0 radical (unpaired) electrons. The zero-order valence-electron chi connectivity index (χ0n) is 21.4. The topological polar surface area (TPSA) is 85.6 Å². The van der Waals surface area contributed by atoms with Gasteiger partial charge in [0.2, 0.25) is 0 Å². The van der Waals surface area contributed by atoms with E-state index < -0.39 is 5.91 Å². The van der Waals surface area contributed by atoms with Crippen molar-refractivity contribution in [3.05, 3.63) is 110 Å². The lowest BCUT2D eigenvalue weighted by Gasteiger charge is -2.28. The zero-order valence-corrected chi connectivity index (χ0v) is 23.7. The summed E-state index contributed by atoms with van der Waals surface area (Å²) in [5, 5.41) is 3.32. The number of para-hydroxylation sites is 1. The summed E-state index contributed by atoms with van der Waals surface area (Å²) in [6.45, 7) is 4.51. The number of imidazole rings is 1. The number of hydrogen-bond acceptors (Lipinski definition) is 4. The first-order valence-corrected chi connectivity index (χ1v) is 13.6. The Balaban J connectivity index is 1.56. The van der Waals surface area contributed by atoms with Gasteiger partial charge in [-0.2, -0.15) is 0 Å². The van der Waals surface area contributed by atoms with Crippen LogP contribution in [-0.2, 0) is 13.1 Å². The molecular weight excluding hydrogens is 584 g/mol. The van der Waals surface area contributed by atoms with Crippen LogP contribution in [0.1, 0.15) is 40.4 Å². The molecule has 0 aliphatic carbocycles. The number of ether oxygens (including phenoxy) is 1. The van der Waals surface area contributed by atoms with Crippen LogP contribution in [0, 0.1) is 0 Å². The lowest BCUT2D eigenvalue weighted by molar-refractivity contribution is 0.0707. The van der Waals surface area contributed by atoms with Crippen LogP contribution in [-0.4, -0.2) is 38.5 Å². The quantitative estimate of drug-likeness (QED) is 0.302. The van der Waals surface area contributed by atoms with Crippen LogP contribution in [0.4, 0.5) is 5.69 Å². The maximum atomic E-state index is 13.7. The number of hydrogen-bond donors (Lipinski definition) is 1. The number of carbonyl (C=O) groups is 2. The lowest BCUT2D eigenvalue weighted by atomic mass is 10.1. The average Bonchev–Trinajstić information content (AvgIpc) is 3.22. The molecule has 0 unspecified atom stereocenters. The first kappa shape index (κ1) is 26.8. The standard InChI is InChI=1S/C29H26BrClN4O4/c1-18(2)39-22-11-9-21(10-12-22)35-26(27(36)32-20-6-4-3-5-7-20)25-17-33(14-15-34(25)29(35)38)28(37)19-8-13-23(30)24(31)16-19/h3-13,16,18H,14-15,17H2,1-2H3,(H,32,36). The Bertz CT molecular complexity index is 1600. The molecule has 0 saturated carbocycles. The minimum absolute atomic E-state index is 0.00305. The molecule has 0 saturated heterocycles. The van der Waals surface area contributed by atoms with E-state index in [2.05, 4.69) is 21.2 Å². The number of benzene rings is 3. The van der Waals surface area contributed by atoms with Crippen LogP contribution in [0.2, 0.25) is 5.02 Å². The molecular formula is C29H26BrClN4O4. The number of aromatic nitrogens is 2. The summed E-state index contributed by atoms with van der Waals surface area (Å²) in [7, 11) is 0. The van der Waals surface area contributed by atoms with Gasteiger partial charge in [-0.3, -0.25) is 18.7 Å². The molecule has 0 atom stereocenters. The average molecular weight is 610 g/mol. The third kappa shape index (κ3) is 5.51. The van der Waals surface area contributed by atoms with Gasteiger partial charge in [0.25, 0.3) is 11.8 Å². The van der Waals surface area contributed by atoms with Gasteiger partial charge in [0.1, 0.15) is 11.4 Å². The van der Waals surface area contributed by atoms with Crippen molar-refractivity contribution in [2.24, 2.45) is 0 Å². The molecule has 1 aromatic heterocycles. The van der Waals surface area contributed by atoms with Gasteiger partial charge in [-0.05, 0) is 84.4 Å². The van der Waals surface area contributed by atoms with Gasteiger partial charge in [-0.1, -0.05) is 29.8 Å². The number of halogens is 2. The second kappa shape index (κ2) is 11.1. The molecule has 0 spiro atoms. The number of anilines is 1. The van der Waals surface area contributed by atoms with Gasteiger partial charge < -0.3 is 15.0 Å². The Labute approximate surface area is 238 Å². The van der Waals surface area contributed by atoms with E-state index in [1.807, 2.05) is 32.0 Å². The van der Waals surface area contributed by atoms with Crippen LogP contribution in [0.3, 0.4) is 0 Å². The fourth-order valence-corrected chi connectivity index (χ4v) is 5.00. The highest BCUT2D eigenvalue weighted by atomic mass is 79.9. The van der Waals surface area contributed by atoms with E-state index in [1.165, 1.54) is 4.57 Å². The smallest absolute Gasteiger partial charge is 0.333 e. The molecule has 0 fully saturated rings. The van der Waals surface area contributed by atoms with Crippen molar-refractivity contribution in [1.82, 2.24) is 14.0 Å². The van der Waals surface area contributed by atoms with Crippen LogP contribution < -0.4 is 15.7 Å². The third-order valence-electron chi connectivity index (χ3n) is 6.35. The predicted molar refractivity (Wildman–Crippen MR) is 154 cm³/mol. The molecule has 0 bridgehead atoms. The number of fused-ring (bicyclic) bond motifs is 1. The lowest BCUT2D eigenvalue weighted by Crippen LogP contribution is -2.41. The van der Waals surface area contributed by atoms with Crippen molar-refractivity contribution in [3.63, 3.8) is 0 Å². The predicted octanol–water partition coefficient (Wildman–Crippen LogP) is 5.75. The van der Waals surface area contributed by atoms with Gasteiger partial charge in [0, 0.05) is 28.8 Å². The summed E-state index contributed by atoms with van der Waals surface area (Å²) >= 11 is 9.57. The minimum atomic E-state index is -0.449. The van der Waals surface area contributed by atoms with E-state index in [-0.39, 0.29) is 36.5 Å². The van der Waals surface area contributed by atoms with E-state index in [9.17, 15) is 14.4 Å². The van der Waals surface area contributed by atoms with E-state index in [0.29, 0.717) is 44.4 Å². The summed E-state index contributed by atoms with van der Waals surface area (Å²) in [6.07, 6.45) is -0.00305. The van der Waals surface area contributed by atoms with Gasteiger partial charge in [0.05, 0.1) is 29.1 Å². The molecule has 4 aromatic rings. The summed E-state index contributed by atoms with van der Waals surface area (Å²) in [6, 6.07) is 21.1. The van der Waals surface area contributed by atoms with Crippen LogP contribution in [0.15, 0.2) is 82.1 Å². The summed E-state index contributed by atoms with van der Waals surface area (Å²) in [4.78, 5) is 42.4. The number of amides is 2. The number of rotatable bonds is 6. The highest BCUT2D eigenvalue weighted by Gasteiger charge is 2.32. The maximum absolute atomic E-state index is 13.7. The molecule has 1 aliphatic rings. The number of nitrogens with zero attached hydrogens (tertiary/aromatic N) is 3. The van der Waals surface area contributed by atoms with Crippen LogP contribution in [0.5, 0.6) is 5.75 Å². The molecule has 2 amide bonds. The molecule has 2 heterocycles. The first-order chi connectivity index (χ1) is 18.7. The second-order valence-corrected chi connectivity index (χ2v) is 10.7. The van der Waals surface area contributed by atoms with Crippen molar-refractivity contribution in [2.45, 2.75) is 33.0 Å². The van der Waals surface area contributed by atoms with Gasteiger partial charge in [-0.15, -0.1) is 0 Å². The Morgan fingerprint density at radius 1 is 1.00 bits per heavy atom. The summed E-state index contributed by atoms with van der Waals surface area (Å²) < 4.78 is 9.40. The van der Waals surface area contributed by atoms with Crippen molar-refractivity contribution in [3.8, 4) is 11.4 Å². The number of carbonyl (C=O) groups excluding carboxylic acids is 2. The van der Waals surface area contributed by atoms with Crippen molar-refractivity contribution >= 4 is 45.0 Å². The molecule has 200 valence electrons. The van der Waals surface area contributed by atoms with Crippen LogP contribution >= 0.6 is 27.5 Å². The molecule has 1 aliphatic heterocycles. The Morgan fingerprint density at radius 2 is 1.72 bits per heavy atom. The van der Waals surface area contributed by atoms with Gasteiger partial charge in [0.15, 0.2) is 0 Å². The van der Waals surface area contributed by atoms with E-state index in [1.54, 1.807) is 64.1 Å². The molecule has 39 heavy (non-hydrogen) atoms. The summed E-state index contributed by atoms with van der Waals surface area (Å²) in [5.41, 5.74) is 1.82. The van der Waals surface area contributed by atoms with Crippen molar-refractivity contribution in [1.29, 1.82) is 0 Å². The highest BCUT2D eigenvalue weighted by Crippen LogP contribution is 2.27. The SMILES string of the molecule is CC(C)Oc1ccc(-n2c(C(=O)Nc3ccccc3)c3n(c2=O)CCN(C(=O)c2ccc(Br)c(Cl)c2)C3)cc1. The Hall–Kier alpha value is -3.82. The Morgan fingerprint density at radius 3 is 2.38 bits per heavy atom. The fraction of sp³-hybridized carbons (Fsp3) is 0.207. The normalized spacial score (nSPS) is 12.8. The van der Waals surface area contributed by atoms with Crippen molar-refractivity contribution in [2.75, 3.05) is 11.9 Å². The van der Waals surface area contributed by atoms with E-state index in [0.717, 1.165) is 0 Å². The van der Waals surface area contributed by atoms with Gasteiger partial charge >= 0.3 is 5.69 Å². The number of nitrogens with one attached hydrogen (secondary N) is 1. The first-order valence-electron chi connectivity index (χ1n) is 12.4. The largest absolute Gasteiger partial charge is 0.491 e. The maximum Gasteiger partial charge on any atom is 0.333 e. The molecule has 8 nitrogen and oxygen atoms in total. The van der Waals surface area contributed by atoms with Crippen molar-refractivity contribution < 1.29 is 14.3 Å². The van der Waals surface area contributed by atoms with E-state index >= 15 is 0 Å². The van der Waals surface area contributed by atoms with Gasteiger partial charge in [-0.25, -0.2) is 4.79 Å². The second-order valence-electron chi connectivity index (χ2n) is 9.40. The molecule has 3 aromatic carbocycles. The summed E-state index contributed by atoms with van der Waals surface area (Å²) in [5.74, 6) is -0.0259. The molecule has 5 rings (SSSR count). The molecule has 1 N–H and O–H groups in total. The fourth-order valence-electron chi connectivity index (χ4n) is 4.58. The monoisotopic (exact) mass is 608 g/mol.